The first-order valence-corrected chi connectivity index (χ1v) is 7.42. The van der Waals surface area contributed by atoms with E-state index >= 15 is 0 Å². The Labute approximate surface area is 126 Å². The highest BCUT2D eigenvalue weighted by atomic mass is 35.5. The Hall–Kier alpha value is -1.85. The lowest BCUT2D eigenvalue weighted by Gasteiger charge is -2.13. The monoisotopic (exact) mass is 304 g/mol. The van der Waals surface area contributed by atoms with Crippen LogP contribution in [0.25, 0.3) is 5.69 Å². The molecule has 4 nitrogen and oxygen atoms in total. The van der Waals surface area contributed by atoms with Crippen LogP contribution in [-0.4, -0.2) is 14.8 Å². The molecule has 0 amide bonds. The minimum absolute atomic E-state index is 0.642. The van der Waals surface area contributed by atoms with Gasteiger partial charge in [0.05, 0.1) is 10.7 Å². The minimum Gasteiger partial charge on any atom is -0.378 e. The van der Waals surface area contributed by atoms with Crippen LogP contribution in [0.1, 0.15) is 10.4 Å². The molecule has 0 aliphatic carbocycles. The number of aryl methyl sites for hydroxylation is 1. The number of nitrogens with zero attached hydrogens (tertiary/aromatic N) is 3. The third-order valence-corrected chi connectivity index (χ3v) is 4.37. The van der Waals surface area contributed by atoms with Gasteiger partial charge in [0.2, 0.25) is 0 Å². The number of thiophene rings is 1. The quantitative estimate of drug-likeness (QED) is 0.795. The maximum atomic E-state index is 6.29. The highest BCUT2D eigenvalue weighted by Gasteiger charge is 2.10. The summed E-state index contributed by atoms with van der Waals surface area (Å²) in [5, 5.41) is 10.3. The predicted octanol–water partition coefficient (Wildman–Crippen LogP) is 3.90. The summed E-state index contributed by atoms with van der Waals surface area (Å²) >= 11 is 8.03. The Balaban J connectivity index is 1.90. The van der Waals surface area contributed by atoms with Crippen molar-refractivity contribution in [2.45, 2.75) is 13.5 Å². The number of rotatable bonds is 4. The summed E-state index contributed by atoms with van der Waals surface area (Å²) < 4.78 is 1.67. The summed E-state index contributed by atoms with van der Waals surface area (Å²) in [4.78, 5) is 5.29. The maximum Gasteiger partial charge on any atom is 0.138 e. The maximum absolute atomic E-state index is 6.29. The van der Waals surface area contributed by atoms with Crippen molar-refractivity contribution in [1.82, 2.24) is 14.8 Å². The summed E-state index contributed by atoms with van der Waals surface area (Å²) in [7, 11) is 0. The van der Waals surface area contributed by atoms with Gasteiger partial charge >= 0.3 is 0 Å². The molecule has 0 saturated heterocycles. The lowest BCUT2D eigenvalue weighted by atomic mass is 10.2. The molecule has 3 aromatic rings. The van der Waals surface area contributed by atoms with Gasteiger partial charge in [0.1, 0.15) is 18.3 Å². The molecule has 0 aliphatic rings. The van der Waals surface area contributed by atoms with Crippen molar-refractivity contribution >= 4 is 28.6 Å². The standard InChI is InChI=1S/C14H13ClN4S/c1-10-5-6-20-13(10)7-17-12-4-2-3-11(15)14(12)19-9-16-8-18-19/h2-6,8-9,17H,7H2,1H3. The van der Waals surface area contributed by atoms with Gasteiger partial charge in [-0.05, 0) is 36.1 Å². The Kier molecular flexibility index (Phi) is 3.71. The van der Waals surface area contributed by atoms with Gasteiger partial charge in [-0.15, -0.1) is 11.3 Å². The fraction of sp³-hybridized carbons (Fsp3) is 0.143. The molecular weight excluding hydrogens is 292 g/mol. The van der Waals surface area contributed by atoms with Crippen LogP contribution in [0.2, 0.25) is 5.02 Å². The van der Waals surface area contributed by atoms with Gasteiger partial charge < -0.3 is 5.32 Å². The third kappa shape index (κ3) is 2.55. The van der Waals surface area contributed by atoms with Crippen molar-refractivity contribution in [2.75, 3.05) is 5.32 Å². The number of benzene rings is 1. The van der Waals surface area contributed by atoms with Gasteiger partial charge in [-0.1, -0.05) is 17.7 Å². The Morgan fingerprint density at radius 2 is 2.25 bits per heavy atom. The smallest absolute Gasteiger partial charge is 0.138 e. The summed E-state index contributed by atoms with van der Waals surface area (Å²) in [5.41, 5.74) is 3.06. The predicted molar refractivity (Wildman–Crippen MR) is 82.8 cm³/mol. The number of hydrogen-bond donors (Lipinski definition) is 1. The highest BCUT2D eigenvalue weighted by molar-refractivity contribution is 7.10. The van der Waals surface area contributed by atoms with Gasteiger partial charge in [0, 0.05) is 11.4 Å². The molecule has 0 atom stereocenters. The number of halogens is 1. The number of para-hydroxylation sites is 1. The lowest BCUT2D eigenvalue weighted by molar-refractivity contribution is 0.878. The highest BCUT2D eigenvalue weighted by Crippen LogP contribution is 2.28. The number of aromatic nitrogens is 3. The van der Waals surface area contributed by atoms with Crippen LogP contribution in [0.4, 0.5) is 5.69 Å². The van der Waals surface area contributed by atoms with E-state index in [4.69, 9.17) is 11.6 Å². The largest absolute Gasteiger partial charge is 0.378 e. The number of hydrogen-bond acceptors (Lipinski definition) is 4. The van der Waals surface area contributed by atoms with E-state index < -0.39 is 0 Å². The zero-order valence-electron chi connectivity index (χ0n) is 10.9. The van der Waals surface area contributed by atoms with Crippen LogP contribution >= 0.6 is 22.9 Å². The van der Waals surface area contributed by atoms with E-state index in [9.17, 15) is 0 Å². The van der Waals surface area contributed by atoms with Crippen LogP contribution in [0.5, 0.6) is 0 Å². The number of nitrogens with one attached hydrogen (secondary N) is 1. The second kappa shape index (κ2) is 5.64. The van der Waals surface area contributed by atoms with Gasteiger partial charge in [-0.2, -0.15) is 5.10 Å². The van der Waals surface area contributed by atoms with E-state index in [1.165, 1.54) is 16.8 Å². The molecule has 2 aromatic heterocycles. The molecule has 102 valence electrons. The molecule has 0 spiro atoms. The van der Waals surface area contributed by atoms with Crippen LogP contribution in [-0.2, 0) is 6.54 Å². The molecule has 6 heteroatoms. The summed E-state index contributed by atoms with van der Waals surface area (Å²) in [6, 6.07) is 7.89. The molecule has 0 radical (unpaired) electrons. The molecular formula is C14H13ClN4S. The second-order valence-electron chi connectivity index (χ2n) is 4.36. The first-order chi connectivity index (χ1) is 9.75. The van der Waals surface area contributed by atoms with Crippen molar-refractivity contribution in [1.29, 1.82) is 0 Å². The zero-order valence-corrected chi connectivity index (χ0v) is 12.4. The number of anilines is 1. The van der Waals surface area contributed by atoms with Crippen molar-refractivity contribution in [3.8, 4) is 5.69 Å². The molecule has 0 bridgehead atoms. The van der Waals surface area contributed by atoms with Crippen LogP contribution in [0.15, 0.2) is 42.3 Å². The molecule has 0 unspecified atom stereocenters. The second-order valence-corrected chi connectivity index (χ2v) is 5.76. The SMILES string of the molecule is Cc1ccsc1CNc1cccc(Cl)c1-n1cncn1. The van der Waals surface area contributed by atoms with E-state index in [1.807, 2.05) is 18.2 Å². The van der Waals surface area contributed by atoms with E-state index in [1.54, 1.807) is 22.3 Å². The first kappa shape index (κ1) is 13.1. The molecule has 1 N–H and O–H groups in total. The molecule has 1 aromatic carbocycles. The van der Waals surface area contributed by atoms with E-state index in [0.29, 0.717) is 5.02 Å². The van der Waals surface area contributed by atoms with Crippen molar-refractivity contribution in [2.24, 2.45) is 0 Å². The first-order valence-electron chi connectivity index (χ1n) is 6.16. The van der Waals surface area contributed by atoms with Gasteiger partial charge in [0.15, 0.2) is 0 Å². The molecule has 2 heterocycles. The van der Waals surface area contributed by atoms with Crippen molar-refractivity contribution in [3.05, 3.63) is 57.8 Å². The summed E-state index contributed by atoms with van der Waals surface area (Å²) in [6.07, 6.45) is 3.14. The zero-order chi connectivity index (χ0) is 13.9. The van der Waals surface area contributed by atoms with Crippen LogP contribution < -0.4 is 5.32 Å². The Morgan fingerprint density at radius 1 is 1.35 bits per heavy atom. The summed E-state index contributed by atoms with van der Waals surface area (Å²) in [5.74, 6) is 0. The van der Waals surface area contributed by atoms with Crippen molar-refractivity contribution < 1.29 is 0 Å². The van der Waals surface area contributed by atoms with E-state index in [0.717, 1.165) is 17.9 Å². The van der Waals surface area contributed by atoms with Gasteiger partial charge in [-0.25, -0.2) is 9.67 Å². The Morgan fingerprint density at radius 3 is 2.95 bits per heavy atom. The van der Waals surface area contributed by atoms with E-state index in [2.05, 4.69) is 33.8 Å². The molecule has 0 aliphatic heterocycles. The Bertz CT molecular complexity index is 706. The van der Waals surface area contributed by atoms with E-state index in [-0.39, 0.29) is 0 Å². The fourth-order valence-corrected chi connectivity index (χ4v) is 3.08. The fourth-order valence-electron chi connectivity index (χ4n) is 1.98. The topological polar surface area (TPSA) is 42.7 Å². The summed E-state index contributed by atoms with van der Waals surface area (Å²) in [6.45, 7) is 2.88. The molecule has 3 rings (SSSR count). The van der Waals surface area contributed by atoms with Gasteiger partial charge in [-0.3, -0.25) is 0 Å². The van der Waals surface area contributed by atoms with Gasteiger partial charge in [0.25, 0.3) is 0 Å². The minimum atomic E-state index is 0.642. The molecule has 0 saturated carbocycles. The molecule has 0 fully saturated rings. The third-order valence-electron chi connectivity index (χ3n) is 3.04. The van der Waals surface area contributed by atoms with Crippen LogP contribution in [0, 0.1) is 6.92 Å². The normalized spacial score (nSPS) is 10.7. The molecule has 20 heavy (non-hydrogen) atoms. The lowest BCUT2D eigenvalue weighted by Crippen LogP contribution is -2.05. The van der Waals surface area contributed by atoms with Crippen LogP contribution in [0.3, 0.4) is 0 Å². The van der Waals surface area contributed by atoms with Crippen molar-refractivity contribution in [3.63, 3.8) is 0 Å². The average molecular weight is 305 g/mol. The average Bonchev–Trinajstić information content (AvgIpc) is 3.08.